The molecular formula is C18H32O4. The smallest absolute Gasteiger partial charge is 0.305 e. The van der Waals surface area contributed by atoms with E-state index < -0.39 is 0 Å². The lowest BCUT2D eigenvalue weighted by Crippen LogP contribution is -2.09. The molecule has 0 bridgehead atoms. The van der Waals surface area contributed by atoms with Crippen LogP contribution in [0, 0.1) is 5.92 Å². The van der Waals surface area contributed by atoms with Gasteiger partial charge in [0.25, 0.3) is 0 Å². The van der Waals surface area contributed by atoms with E-state index in [-0.39, 0.29) is 11.9 Å². The molecule has 0 heterocycles. The molecule has 0 unspecified atom stereocenters. The van der Waals surface area contributed by atoms with E-state index in [2.05, 4.69) is 26.8 Å². The first-order chi connectivity index (χ1) is 10.5. The normalized spacial score (nSPS) is 11.6. The maximum absolute atomic E-state index is 11.6. The molecule has 128 valence electrons. The number of carbonyl (C=O) groups is 2. The van der Waals surface area contributed by atoms with Gasteiger partial charge in [-0.1, -0.05) is 18.6 Å². The van der Waals surface area contributed by atoms with Crippen LogP contribution in [0.4, 0.5) is 0 Å². The average Bonchev–Trinajstić information content (AvgIpc) is 2.43. The summed E-state index contributed by atoms with van der Waals surface area (Å²) in [5.41, 5.74) is 1.35. The van der Waals surface area contributed by atoms with E-state index in [1.54, 1.807) is 6.92 Å². The largest absolute Gasteiger partial charge is 0.466 e. The van der Waals surface area contributed by atoms with E-state index >= 15 is 0 Å². The standard InChI is InChI=1S/C18H32O4/c1-5-21-17(19)11-6-7-12-18(20)22-14-13-16(4)10-8-9-15(2)3/h9,16H,5-8,10-14H2,1-4H3/t16-/m0/s1. The minimum absolute atomic E-state index is 0.166. The van der Waals surface area contributed by atoms with E-state index in [9.17, 15) is 9.59 Å². The van der Waals surface area contributed by atoms with E-state index in [1.165, 1.54) is 5.57 Å². The lowest BCUT2D eigenvalue weighted by Gasteiger charge is -2.10. The van der Waals surface area contributed by atoms with Gasteiger partial charge in [0.1, 0.15) is 0 Å². The second-order valence-electron chi connectivity index (χ2n) is 5.99. The molecule has 0 fully saturated rings. The molecule has 4 heteroatoms. The molecular weight excluding hydrogens is 280 g/mol. The molecule has 0 aliphatic carbocycles. The third kappa shape index (κ3) is 13.7. The Morgan fingerprint density at radius 1 is 1.00 bits per heavy atom. The molecule has 0 saturated heterocycles. The second kappa shape index (κ2) is 13.4. The van der Waals surface area contributed by atoms with Gasteiger partial charge < -0.3 is 9.47 Å². The Kier molecular flexibility index (Phi) is 12.5. The molecule has 0 aliphatic rings. The highest BCUT2D eigenvalue weighted by Gasteiger charge is 2.07. The Morgan fingerprint density at radius 2 is 1.59 bits per heavy atom. The summed E-state index contributed by atoms with van der Waals surface area (Å²) in [5, 5.41) is 0. The van der Waals surface area contributed by atoms with Gasteiger partial charge in [-0.15, -0.1) is 0 Å². The first-order valence-electron chi connectivity index (χ1n) is 8.40. The molecule has 0 radical (unpaired) electrons. The number of ether oxygens (including phenoxy) is 2. The Balaban J connectivity index is 3.53. The van der Waals surface area contributed by atoms with E-state index in [0.717, 1.165) is 19.3 Å². The van der Waals surface area contributed by atoms with Gasteiger partial charge in [0, 0.05) is 12.8 Å². The molecule has 0 aliphatic heterocycles. The summed E-state index contributed by atoms with van der Waals surface area (Å²) < 4.78 is 10.1. The summed E-state index contributed by atoms with van der Waals surface area (Å²) in [5.74, 6) is 0.202. The molecule has 0 aromatic carbocycles. The van der Waals surface area contributed by atoms with Crippen LogP contribution in [-0.4, -0.2) is 25.2 Å². The van der Waals surface area contributed by atoms with Crippen LogP contribution in [0.1, 0.15) is 72.6 Å². The van der Waals surface area contributed by atoms with Crippen molar-refractivity contribution >= 4 is 11.9 Å². The number of rotatable bonds is 12. The van der Waals surface area contributed by atoms with Gasteiger partial charge in [0.05, 0.1) is 13.2 Å². The lowest BCUT2D eigenvalue weighted by atomic mass is 10.0. The third-order valence-electron chi connectivity index (χ3n) is 3.40. The van der Waals surface area contributed by atoms with Crippen LogP contribution in [0.25, 0.3) is 0 Å². The van der Waals surface area contributed by atoms with Crippen LogP contribution in [0.3, 0.4) is 0 Å². The number of esters is 2. The fourth-order valence-corrected chi connectivity index (χ4v) is 2.02. The zero-order valence-electron chi connectivity index (χ0n) is 14.7. The monoisotopic (exact) mass is 312 g/mol. The molecule has 4 nitrogen and oxygen atoms in total. The van der Waals surface area contributed by atoms with Crippen molar-refractivity contribution < 1.29 is 19.1 Å². The zero-order valence-corrected chi connectivity index (χ0v) is 14.7. The molecule has 0 spiro atoms. The molecule has 0 saturated carbocycles. The third-order valence-corrected chi connectivity index (χ3v) is 3.40. The maximum Gasteiger partial charge on any atom is 0.305 e. The SMILES string of the molecule is CCOC(=O)CCCCC(=O)OCC[C@@H](C)CCC=C(C)C. The molecule has 1 atom stereocenters. The fraction of sp³-hybridized carbons (Fsp3) is 0.778. The minimum Gasteiger partial charge on any atom is -0.466 e. The summed E-state index contributed by atoms with van der Waals surface area (Å²) in [6.45, 7) is 9.09. The topological polar surface area (TPSA) is 52.6 Å². The van der Waals surface area contributed by atoms with Crippen LogP contribution in [-0.2, 0) is 19.1 Å². The average molecular weight is 312 g/mol. The Bertz CT molecular complexity index is 343. The summed E-state index contributed by atoms with van der Waals surface area (Å²) in [4.78, 5) is 22.7. The van der Waals surface area contributed by atoms with Crippen molar-refractivity contribution in [3.8, 4) is 0 Å². The number of unbranched alkanes of at least 4 members (excludes halogenated alkanes) is 1. The summed E-state index contributed by atoms with van der Waals surface area (Å²) in [7, 11) is 0. The first-order valence-corrected chi connectivity index (χ1v) is 8.40. The van der Waals surface area contributed by atoms with Gasteiger partial charge in [-0.25, -0.2) is 0 Å². The van der Waals surface area contributed by atoms with Crippen LogP contribution >= 0.6 is 0 Å². The summed E-state index contributed by atoms with van der Waals surface area (Å²) in [6, 6.07) is 0. The van der Waals surface area contributed by atoms with Gasteiger partial charge >= 0.3 is 11.9 Å². The Labute approximate surface area is 135 Å². The molecule has 0 N–H and O–H groups in total. The van der Waals surface area contributed by atoms with E-state index in [1.807, 2.05) is 0 Å². The van der Waals surface area contributed by atoms with E-state index in [4.69, 9.17) is 9.47 Å². The summed E-state index contributed by atoms with van der Waals surface area (Å²) in [6.07, 6.45) is 7.47. The number of hydrogen-bond acceptors (Lipinski definition) is 4. The maximum atomic E-state index is 11.6. The number of carbonyl (C=O) groups excluding carboxylic acids is 2. The fourth-order valence-electron chi connectivity index (χ4n) is 2.02. The van der Waals surface area contributed by atoms with Crippen molar-refractivity contribution in [2.75, 3.05) is 13.2 Å². The molecule has 0 aromatic heterocycles. The highest BCUT2D eigenvalue weighted by Crippen LogP contribution is 2.12. The van der Waals surface area contributed by atoms with Crippen LogP contribution < -0.4 is 0 Å². The highest BCUT2D eigenvalue weighted by atomic mass is 16.5. The van der Waals surface area contributed by atoms with Crippen LogP contribution in [0.2, 0.25) is 0 Å². The number of allylic oxidation sites excluding steroid dienone is 2. The summed E-state index contributed by atoms with van der Waals surface area (Å²) >= 11 is 0. The minimum atomic E-state index is -0.193. The van der Waals surface area contributed by atoms with Crippen molar-refractivity contribution in [1.82, 2.24) is 0 Å². The number of hydrogen-bond donors (Lipinski definition) is 0. The molecule has 0 aromatic rings. The van der Waals surface area contributed by atoms with Gasteiger partial charge in [-0.3, -0.25) is 9.59 Å². The highest BCUT2D eigenvalue weighted by molar-refractivity contribution is 5.70. The Hall–Kier alpha value is -1.32. The molecule has 22 heavy (non-hydrogen) atoms. The second-order valence-corrected chi connectivity index (χ2v) is 5.99. The predicted molar refractivity (Wildman–Crippen MR) is 88.5 cm³/mol. The molecule has 0 amide bonds. The van der Waals surface area contributed by atoms with Crippen molar-refractivity contribution in [2.24, 2.45) is 5.92 Å². The van der Waals surface area contributed by atoms with Crippen molar-refractivity contribution in [1.29, 1.82) is 0 Å². The van der Waals surface area contributed by atoms with Crippen molar-refractivity contribution in [3.05, 3.63) is 11.6 Å². The van der Waals surface area contributed by atoms with Crippen molar-refractivity contribution in [3.63, 3.8) is 0 Å². The lowest BCUT2D eigenvalue weighted by molar-refractivity contribution is -0.145. The van der Waals surface area contributed by atoms with Gasteiger partial charge in [0.2, 0.25) is 0 Å². The van der Waals surface area contributed by atoms with Crippen LogP contribution in [0.15, 0.2) is 11.6 Å². The first kappa shape index (κ1) is 20.7. The van der Waals surface area contributed by atoms with Crippen molar-refractivity contribution in [2.45, 2.75) is 72.6 Å². The quantitative estimate of drug-likeness (QED) is 0.304. The van der Waals surface area contributed by atoms with Gasteiger partial charge in [0.15, 0.2) is 0 Å². The Morgan fingerprint density at radius 3 is 2.14 bits per heavy atom. The van der Waals surface area contributed by atoms with E-state index in [0.29, 0.717) is 44.8 Å². The molecule has 0 rings (SSSR count). The van der Waals surface area contributed by atoms with Crippen LogP contribution in [0.5, 0.6) is 0 Å². The van der Waals surface area contributed by atoms with Gasteiger partial charge in [-0.05, 0) is 58.8 Å². The zero-order chi connectivity index (χ0) is 16.8. The van der Waals surface area contributed by atoms with Gasteiger partial charge in [-0.2, -0.15) is 0 Å². The predicted octanol–water partition coefficient (Wildman–Crippen LogP) is 4.43.